The minimum Gasteiger partial charge on any atom is -0.381 e. The van der Waals surface area contributed by atoms with Crippen molar-refractivity contribution in [2.24, 2.45) is 5.73 Å². The van der Waals surface area contributed by atoms with Crippen LogP contribution in [-0.2, 0) is 4.74 Å². The summed E-state index contributed by atoms with van der Waals surface area (Å²) in [6, 6.07) is 1.92. The van der Waals surface area contributed by atoms with Crippen molar-refractivity contribution in [3.63, 3.8) is 0 Å². The van der Waals surface area contributed by atoms with E-state index in [1.54, 1.807) is 0 Å². The van der Waals surface area contributed by atoms with E-state index in [-0.39, 0.29) is 5.82 Å². The van der Waals surface area contributed by atoms with Crippen LogP contribution >= 0.6 is 0 Å². The summed E-state index contributed by atoms with van der Waals surface area (Å²) in [7, 11) is 0. The van der Waals surface area contributed by atoms with Crippen molar-refractivity contribution in [2.45, 2.75) is 25.7 Å². The van der Waals surface area contributed by atoms with E-state index in [0.29, 0.717) is 5.92 Å². The van der Waals surface area contributed by atoms with E-state index in [1.807, 2.05) is 13.0 Å². The van der Waals surface area contributed by atoms with Crippen LogP contribution in [0.15, 0.2) is 6.07 Å². The van der Waals surface area contributed by atoms with Gasteiger partial charge in [0.25, 0.3) is 5.91 Å². The maximum absolute atomic E-state index is 11.1. The molecular formula is C11H15N3O2. The molecule has 0 saturated carbocycles. The minimum atomic E-state index is -0.572. The number of amides is 1. The Morgan fingerprint density at radius 2 is 2.12 bits per heavy atom. The van der Waals surface area contributed by atoms with Gasteiger partial charge in [0.05, 0.1) is 0 Å². The summed E-state index contributed by atoms with van der Waals surface area (Å²) < 4.78 is 5.29. The van der Waals surface area contributed by atoms with Gasteiger partial charge in [-0.3, -0.25) is 4.79 Å². The zero-order chi connectivity index (χ0) is 11.5. The first-order chi connectivity index (χ1) is 7.66. The molecule has 2 rings (SSSR count). The van der Waals surface area contributed by atoms with Gasteiger partial charge < -0.3 is 10.5 Å². The number of hydrogen-bond donors (Lipinski definition) is 1. The van der Waals surface area contributed by atoms with Crippen LogP contribution in [-0.4, -0.2) is 29.1 Å². The Bertz CT molecular complexity index is 400. The molecule has 0 spiro atoms. The highest BCUT2D eigenvalue weighted by atomic mass is 16.5. The number of rotatable bonds is 2. The van der Waals surface area contributed by atoms with Crippen LogP contribution in [0.1, 0.15) is 40.8 Å². The summed E-state index contributed by atoms with van der Waals surface area (Å²) in [5.41, 5.74) is 6.88. The van der Waals surface area contributed by atoms with Gasteiger partial charge in [0.2, 0.25) is 5.82 Å². The number of aromatic nitrogens is 2. The minimum absolute atomic E-state index is 0.112. The third kappa shape index (κ3) is 2.36. The number of carbonyl (C=O) groups is 1. The standard InChI is InChI=1S/C11H15N3O2/c1-7-6-9(8-2-4-16-5-3-8)14-11(13-7)10(12)15/h6,8H,2-5H2,1H3,(H2,12,15). The Kier molecular flexibility index (Phi) is 3.14. The molecule has 1 aromatic rings. The van der Waals surface area contributed by atoms with Crippen LogP contribution in [0.2, 0.25) is 0 Å². The molecule has 0 unspecified atom stereocenters. The Morgan fingerprint density at radius 1 is 1.44 bits per heavy atom. The van der Waals surface area contributed by atoms with Crippen LogP contribution in [0.3, 0.4) is 0 Å². The quantitative estimate of drug-likeness (QED) is 0.800. The molecule has 5 heteroatoms. The molecule has 0 atom stereocenters. The van der Waals surface area contributed by atoms with Crippen molar-refractivity contribution in [1.29, 1.82) is 0 Å². The highest BCUT2D eigenvalue weighted by molar-refractivity contribution is 5.88. The molecule has 1 amide bonds. The summed E-state index contributed by atoms with van der Waals surface area (Å²) in [5, 5.41) is 0. The first-order valence-corrected chi connectivity index (χ1v) is 5.40. The van der Waals surface area contributed by atoms with E-state index in [1.165, 1.54) is 0 Å². The number of carbonyl (C=O) groups excluding carboxylic acids is 1. The van der Waals surface area contributed by atoms with Crippen LogP contribution in [0.5, 0.6) is 0 Å². The second-order valence-electron chi connectivity index (χ2n) is 4.01. The molecule has 0 aromatic carbocycles. The number of nitrogens with two attached hydrogens (primary N) is 1. The van der Waals surface area contributed by atoms with Gasteiger partial charge in [-0.15, -0.1) is 0 Å². The molecule has 1 aliphatic heterocycles. The molecule has 1 aromatic heterocycles. The van der Waals surface area contributed by atoms with Gasteiger partial charge in [0.15, 0.2) is 0 Å². The summed E-state index contributed by atoms with van der Waals surface area (Å²) >= 11 is 0. The fourth-order valence-electron chi connectivity index (χ4n) is 1.91. The zero-order valence-corrected chi connectivity index (χ0v) is 9.27. The van der Waals surface area contributed by atoms with Gasteiger partial charge >= 0.3 is 0 Å². The number of aryl methyl sites for hydroxylation is 1. The van der Waals surface area contributed by atoms with Gasteiger partial charge in [-0.1, -0.05) is 0 Å². The smallest absolute Gasteiger partial charge is 0.286 e. The van der Waals surface area contributed by atoms with Crippen molar-refractivity contribution < 1.29 is 9.53 Å². The Morgan fingerprint density at radius 3 is 2.75 bits per heavy atom. The normalized spacial score (nSPS) is 17.3. The lowest BCUT2D eigenvalue weighted by atomic mass is 9.96. The van der Waals surface area contributed by atoms with E-state index in [0.717, 1.165) is 37.4 Å². The molecule has 0 bridgehead atoms. The van der Waals surface area contributed by atoms with Gasteiger partial charge in [0.1, 0.15) is 0 Å². The second-order valence-corrected chi connectivity index (χ2v) is 4.01. The highest BCUT2D eigenvalue weighted by Crippen LogP contribution is 2.25. The molecule has 1 fully saturated rings. The summed E-state index contributed by atoms with van der Waals surface area (Å²) in [6.45, 7) is 3.34. The predicted molar refractivity (Wildman–Crippen MR) is 58.1 cm³/mol. The van der Waals surface area contributed by atoms with Gasteiger partial charge in [0, 0.05) is 30.5 Å². The van der Waals surface area contributed by atoms with Crippen molar-refractivity contribution in [2.75, 3.05) is 13.2 Å². The van der Waals surface area contributed by atoms with E-state index in [4.69, 9.17) is 10.5 Å². The van der Waals surface area contributed by atoms with Crippen LogP contribution in [0.4, 0.5) is 0 Å². The molecule has 16 heavy (non-hydrogen) atoms. The largest absolute Gasteiger partial charge is 0.381 e. The van der Waals surface area contributed by atoms with E-state index >= 15 is 0 Å². The van der Waals surface area contributed by atoms with E-state index in [2.05, 4.69) is 9.97 Å². The van der Waals surface area contributed by atoms with Gasteiger partial charge in [-0.05, 0) is 25.8 Å². The van der Waals surface area contributed by atoms with Crippen LogP contribution in [0.25, 0.3) is 0 Å². The number of ether oxygens (including phenoxy) is 1. The molecular weight excluding hydrogens is 206 g/mol. The Balaban J connectivity index is 2.28. The van der Waals surface area contributed by atoms with Crippen molar-refractivity contribution >= 4 is 5.91 Å². The first-order valence-electron chi connectivity index (χ1n) is 5.40. The fourth-order valence-corrected chi connectivity index (χ4v) is 1.91. The maximum atomic E-state index is 11.1. The molecule has 0 radical (unpaired) electrons. The second kappa shape index (κ2) is 4.57. The topological polar surface area (TPSA) is 78.1 Å². The maximum Gasteiger partial charge on any atom is 0.286 e. The number of hydrogen-bond acceptors (Lipinski definition) is 4. The lowest BCUT2D eigenvalue weighted by molar-refractivity contribution is 0.0843. The lowest BCUT2D eigenvalue weighted by Crippen LogP contribution is -2.20. The summed E-state index contributed by atoms with van der Waals surface area (Å²) in [6.07, 6.45) is 1.88. The van der Waals surface area contributed by atoms with Gasteiger partial charge in [-0.2, -0.15) is 0 Å². The predicted octanol–water partition coefficient (Wildman–Crippen LogP) is 0.778. The molecule has 5 nitrogen and oxygen atoms in total. The number of primary amides is 1. The van der Waals surface area contributed by atoms with E-state index < -0.39 is 5.91 Å². The van der Waals surface area contributed by atoms with E-state index in [9.17, 15) is 4.79 Å². The third-order valence-corrected chi connectivity index (χ3v) is 2.73. The molecule has 86 valence electrons. The summed E-state index contributed by atoms with van der Waals surface area (Å²) in [5.74, 6) is -0.105. The van der Waals surface area contributed by atoms with Gasteiger partial charge in [-0.25, -0.2) is 9.97 Å². The number of nitrogens with zero attached hydrogens (tertiary/aromatic N) is 2. The van der Waals surface area contributed by atoms with Crippen molar-refractivity contribution in [3.8, 4) is 0 Å². The van der Waals surface area contributed by atoms with Crippen LogP contribution in [0, 0.1) is 6.92 Å². The van der Waals surface area contributed by atoms with Crippen molar-refractivity contribution in [1.82, 2.24) is 9.97 Å². The Hall–Kier alpha value is -1.49. The average molecular weight is 221 g/mol. The highest BCUT2D eigenvalue weighted by Gasteiger charge is 2.19. The monoisotopic (exact) mass is 221 g/mol. The van der Waals surface area contributed by atoms with Crippen molar-refractivity contribution in [3.05, 3.63) is 23.3 Å². The molecule has 0 aliphatic carbocycles. The molecule has 2 heterocycles. The Labute approximate surface area is 94.0 Å². The first kappa shape index (κ1) is 11.0. The summed E-state index contributed by atoms with van der Waals surface area (Å²) in [4.78, 5) is 19.3. The van der Waals surface area contributed by atoms with Crippen LogP contribution < -0.4 is 5.73 Å². The average Bonchev–Trinajstić information content (AvgIpc) is 2.29. The molecule has 1 saturated heterocycles. The molecule has 1 aliphatic rings. The molecule has 2 N–H and O–H groups in total. The fraction of sp³-hybridized carbons (Fsp3) is 0.545. The third-order valence-electron chi connectivity index (χ3n) is 2.73. The lowest BCUT2D eigenvalue weighted by Gasteiger charge is -2.21. The SMILES string of the molecule is Cc1cc(C2CCOCC2)nc(C(N)=O)n1. The zero-order valence-electron chi connectivity index (χ0n) is 9.27.